The van der Waals surface area contributed by atoms with Crippen LogP contribution in [0.2, 0.25) is 0 Å². The van der Waals surface area contributed by atoms with Gasteiger partial charge in [-0.3, -0.25) is 0 Å². The van der Waals surface area contributed by atoms with E-state index in [4.69, 9.17) is 4.74 Å². The highest BCUT2D eigenvalue weighted by molar-refractivity contribution is 5.25. The number of aromatic nitrogens is 2. The molecule has 0 amide bonds. The summed E-state index contributed by atoms with van der Waals surface area (Å²) in [7, 11) is 0. The minimum Gasteiger partial charge on any atom is -0.440 e. The van der Waals surface area contributed by atoms with Gasteiger partial charge in [-0.1, -0.05) is 18.2 Å². The third-order valence-corrected chi connectivity index (χ3v) is 1.45. The smallest absolute Gasteiger partial charge is 0.215 e. The van der Waals surface area contributed by atoms with Crippen LogP contribution in [0.25, 0.3) is 0 Å². The van der Waals surface area contributed by atoms with Gasteiger partial charge in [0.15, 0.2) is 0 Å². The van der Waals surface area contributed by atoms with Gasteiger partial charge in [0.05, 0.1) is 6.20 Å². The number of H-pyrrole nitrogens is 1. The highest BCUT2D eigenvalue weighted by Crippen LogP contribution is 2.16. The Morgan fingerprint density at radius 3 is 2.58 bits per heavy atom. The van der Waals surface area contributed by atoms with E-state index in [1.165, 1.54) is 0 Å². The molecule has 0 atom stereocenters. The van der Waals surface area contributed by atoms with Crippen molar-refractivity contribution < 1.29 is 4.74 Å². The van der Waals surface area contributed by atoms with Gasteiger partial charge >= 0.3 is 0 Å². The molecule has 0 radical (unpaired) electrons. The lowest BCUT2D eigenvalue weighted by atomic mass is 10.3. The highest BCUT2D eigenvalue weighted by Gasteiger charge is 1.94. The predicted octanol–water partition coefficient (Wildman–Crippen LogP) is 2.20. The largest absolute Gasteiger partial charge is 0.440 e. The summed E-state index contributed by atoms with van der Waals surface area (Å²) in [6.07, 6.45) is 1.65. The van der Waals surface area contributed by atoms with E-state index >= 15 is 0 Å². The Morgan fingerprint density at radius 1 is 1.08 bits per heavy atom. The molecular weight excluding hydrogens is 152 g/mol. The van der Waals surface area contributed by atoms with Gasteiger partial charge in [-0.05, 0) is 12.1 Å². The summed E-state index contributed by atoms with van der Waals surface area (Å²) in [5.41, 5.74) is 0. The standard InChI is InChI=1S/C9H8N2O/c1-2-4-8(5-3-1)12-9-6-7-10-11-9/h1-7H,(H,10,11). The first-order valence-corrected chi connectivity index (χ1v) is 3.67. The normalized spacial score (nSPS) is 9.67. The van der Waals surface area contributed by atoms with E-state index in [1.807, 2.05) is 30.3 Å². The van der Waals surface area contributed by atoms with Crippen molar-refractivity contribution >= 4 is 0 Å². The van der Waals surface area contributed by atoms with Crippen LogP contribution in [0.15, 0.2) is 42.6 Å². The first-order valence-electron chi connectivity index (χ1n) is 3.67. The summed E-state index contributed by atoms with van der Waals surface area (Å²) in [5, 5.41) is 6.48. The summed E-state index contributed by atoms with van der Waals surface area (Å²) >= 11 is 0. The van der Waals surface area contributed by atoms with E-state index in [2.05, 4.69) is 10.2 Å². The second-order valence-corrected chi connectivity index (χ2v) is 2.34. The van der Waals surface area contributed by atoms with Crippen LogP contribution in [-0.2, 0) is 0 Å². The van der Waals surface area contributed by atoms with Crippen molar-refractivity contribution in [2.24, 2.45) is 0 Å². The number of para-hydroxylation sites is 1. The number of aromatic amines is 1. The van der Waals surface area contributed by atoms with E-state index in [9.17, 15) is 0 Å². The lowest BCUT2D eigenvalue weighted by Crippen LogP contribution is -1.82. The molecule has 0 saturated carbocycles. The van der Waals surface area contributed by atoms with Crippen LogP contribution >= 0.6 is 0 Å². The zero-order valence-corrected chi connectivity index (χ0v) is 6.40. The van der Waals surface area contributed by atoms with E-state index in [0.29, 0.717) is 5.88 Å². The zero-order valence-electron chi connectivity index (χ0n) is 6.40. The van der Waals surface area contributed by atoms with Crippen LogP contribution in [0, 0.1) is 0 Å². The number of hydrogen-bond donors (Lipinski definition) is 1. The number of rotatable bonds is 2. The molecule has 0 spiro atoms. The fourth-order valence-corrected chi connectivity index (χ4v) is 0.915. The summed E-state index contributed by atoms with van der Waals surface area (Å²) in [6, 6.07) is 11.3. The Kier molecular flexibility index (Phi) is 1.78. The van der Waals surface area contributed by atoms with Gasteiger partial charge in [0.2, 0.25) is 5.88 Å². The number of benzene rings is 1. The topological polar surface area (TPSA) is 37.9 Å². The third-order valence-electron chi connectivity index (χ3n) is 1.45. The minimum atomic E-state index is 0.654. The maximum absolute atomic E-state index is 5.40. The van der Waals surface area contributed by atoms with Gasteiger partial charge in [0, 0.05) is 6.07 Å². The third kappa shape index (κ3) is 1.45. The number of hydrogen-bond acceptors (Lipinski definition) is 2. The Balaban J connectivity index is 2.15. The fraction of sp³-hybridized carbons (Fsp3) is 0. The van der Waals surface area contributed by atoms with Crippen LogP contribution in [0.3, 0.4) is 0 Å². The van der Waals surface area contributed by atoms with Gasteiger partial charge in [-0.15, -0.1) is 0 Å². The predicted molar refractivity (Wildman–Crippen MR) is 45.1 cm³/mol. The van der Waals surface area contributed by atoms with Crippen LogP contribution in [-0.4, -0.2) is 10.2 Å². The van der Waals surface area contributed by atoms with Crippen molar-refractivity contribution in [3.63, 3.8) is 0 Å². The van der Waals surface area contributed by atoms with E-state index in [-0.39, 0.29) is 0 Å². The molecule has 3 nitrogen and oxygen atoms in total. The van der Waals surface area contributed by atoms with Crippen molar-refractivity contribution in [1.29, 1.82) is 0 Å². The molecule has 1 aromatic heterocycles. The van der Waals surface area contributed by atoms with Crippen molar-refractivity contribution in [3.05, 3.63) is 42.6 Å². The van der Waals surface area contributed by atoms with Gasteiger partial charge in [-0.25, -0.2) is 5.10 Å². The molecule has 0 fully saturated rings. The molecular formula is C9H8N2O. The number of nitrogens with zero attached hydrogens (tertiary/aromatic N) is 1. The molecule has 12 heavy (non-hydrogen) atoms. The fourth-order valence-electron chi connectivity index (χ4n) is 0.915. The Hall–Kier alpha value is -1.77. The van der Waals surface area contributed by atoms with E-state index < -0.39 is 0 Å². The lowest BCUT2D eigenvalue weighted by Gasteiger charge is -1.99. The van der Waals surface area contributed by atoms with Crippen LogP contribution in [0.5, 0.6) is 11.6 Å². The van der Waals surface area contributed by atoms with Crippen molar-refractivity contribution in [2.75, 3.05) is 0 Å². The average molecular weight is 160 g/mol. The lowest BCUT2D eigenvalue weighted by molar-refractivity contribution is 0.461. The zero-order chi connectivity index (χ0) is 8.23. The van der Waals surface area contributed by atoms with Crippen LogP contribution in [0.1, 0.15) is 0 Å². The van der Waals surface area contributed by atoms with Gasteiger partial charge in [0.1, 0.15) is 5.75 Å². The SMILES string of the molecule is c1ccc(Oc2ccn[nH]2)cc1. The molecule has 3 heteroatoms. The molecule has 0 unspecified atom stereocenters. The van der Waals surface area contributed by atoms with Crippen molar-refractivity contribution in [1.82, 2.24) is 10.2 Å². The number of ether oxygens (including phenoxy) is 1. The molecule has 0 aliphatic rings. The Bertz CT molecular complexity index is 329. The van der Waals surface area contributed by atoms with E-state index in [1.54, 1.807) is 12.3 Å². The molecule has 1 aromatic carbocycles. The maximum Gasteiger partial charge on any atom is 0.215 e. The second-order valence-electron chi connectivity index (χ2n) is 2.34. The monoisotopic (exact) mass is 160 g/mol. The summed E-state index contributed by atoms with van der Waals surface area (Å²) in [5.74, 6) is 1.46. The molecule has 0 aliphatic heterocycles. The molecule has 0 saturated heterocycles. The first-order chi connectivity index (χ1) is 5.95. The number of nitrogens with one attached hydrogen (secondary N) is 1. The van der Waals surface area contributed by atoms with Gasteiger partial charge < -0.3 is 4.74 Å². The van der Waals surface area contributed by atoms with Crippen LogP contribution in [0.4, 0.5) is 0 Å². The first kappa shape index (κ1) is 6.91. The molecule has 1 heterocycles. The maximum atomic E-state index is 5.40. The molecule has 1 N–H and O–H groups in total. The minimum absolute atomic E-state index is 0.654. The molecule has 2 aromatic rings. The highest BCUT2D eigenvalue weighted by atomic mass is 16.5. The Labute approximate surface area is 70.0 Å². The van der Waals surface area contributed by atoms with Crippen LogP contribution < -0.4 is 4.74 Å². The van der Waals surface area contributed by atoms with E-state index in [0.717, 1.165) is 5.75 Å². The summed E-state index contributed by atoms with van der Waals surface area (Å²) in [6.45, 7) is 0. The van der Waals surface area contributed by atoms with Gasteiger partial charge in [-0.2, -0.15) is 5.10 Å². The second kappa shape index (κ2) is 3.09. The van der Waals surface area contributed by atoms with Gasteiger partial charge in [0.25, 0.3) is 0 Å². The summed E-state index contributed by atoms with van der Waals surface area (Å²) in [4.78, 5) is 0. The summed E-state index contributed by atoms with van der Waals surface area (Å²) < 4.78 is 5.40. The quantitative estimate of drug-likeness (QED) is 0.731. The van der Waals surface area contributed by atoms with Crippen molar-refractivity contribution in [3.8, 4) is 11.6 Å². The Morgan fingerprint density at radius 2 is 1.92 bits per heavy atom. The molecule has 0 bridgehead atoms. The molecule has 60 valence electrons. The molecule has 2 rings (SSSR count). The molecule has 0 aliphatic carbocycles. The average Bonchev–Trinajstić information content (AvgIpc) is 2.59. The van der Waals surface area contributed by atoms with Crippen molar-refractivity contribution in [2.45, 2.75) is 0 Å².